The van der Waals surface area contributed by atoms with E-state index in [-0.39, 0.29) is 18.1 Å². The van der Waals surface area contributed by atoms with E-state index < -0.39 is 0 Å². The van der Waals surface area contributed by atoms with E-state index in [4.69, 9.17) is 9.47 Å². The Kier molecular flexibility index (Phi) is 5.07. The van der Waals surface area contributed by atoms with E-state index in [1.54, 1.807) is 0 Å². The van der Waals surface area contributed by atoms with Gasteiger partial charge in [-0.1, -0.05) is 42.5 Å². The third-order valence-electron chi connectivity index (χ3n) is 4.94. The van der Waals surface area contributed by atoms with Gasteiger partial charge < -0.3 is 14.8 Å². The highest BCUT2D eigenvalue weighted by molar-refractivity contribution is 5.83. The van der Waals surface area contributed by atoms with Crippen LogP contribution >= 0.6 is 0 Å². The van der Waals surface area contributed by atoms with Crippen LogP contribution in [-0.4, -0.2) is 43.2 Å². The molecule has 136 valence electrons. The van der Waals surface area contributed by atoms with Crippen LogP contribution in [-0.2, 0) is 4.79 Å². The number of amides is 1. The number of carbonyl (C=O) groups is 1. The summed E-state index contributed by atoms with van der Waals surface area (Å²) in [6.07, 6.45) is 2.11. The minimum Gasteiger partial charge on any atom is -0.486 e. The first-order valence-corrected chi connectivity index (χ1v) is 9.26. The van der Waals surface area contributed by atoms with Gasteiger partial charge in [0.05, 0.1) is 6.54 Å². The molecular formula is C21H24N2O3. The summed E-state index contributed by atoms with van der Waals surface area (Å²) in [5.74, 6) is 1.52. The van der Waals surface area contributed by atoms with E-state index in [1.807, 2.05) is 54.6 Å². The lowest BCUT2D eigenvalue weighted by molar-refractivity contribution is -0.126. The summed E-state index contributed by atoms with van der Waals surface area (Å²) in [7, 11) is 0. The summed E-state index contributed by atoms with van der Waals surface area (Å²) in [4.78, 5) is 15.2. The Morgan fingerprint density at radius 1 is 1.04 bits per heavy atom. The maximum atomic E-state index is 13.0. The monoisotopic (exact) mass is 352 g/mol. The summed E-state index contributed by atoms with van der Waals surface area (Å²) in [5, 5.41) is 3.07. The van der Waals surface area contributed by atoms with Gasteiger partial charge in [0.1, 0.15) is 18.8 Å². The zero-order valence-corrected chi connectivity index (χ0v) is 14.8. The molecule has 1 fully saturated rings. The molecule has 2 aliphatic heterocycles. The van der Waals surface area contributed by atoms with Gasteiger partial charge in [-0.3, -0.25) is 9.69 Å². The van der Waals surface area contributed by atoms with Crippen molar-refractivity contribution in [3.05, 3.63) is 60.2 Å². The molecule has 0 aliphatic carbocycles. The Balaban J connectivity index is 1.41. The molecule has 2 heterocycles. The number of benzene rings is 2. The van der Waals surface area contributed by atoms with Crippen molar-refractivity contribution in [3.63, 3.8) is 0 Å². The first kappa shape index (κ1) is 16.9. The molecule has 1 amide bonds. The smallest absolute Gasteiger partial charge is 0.242 e. The number of nitrogens with zero attached hydrogens (tertiary/aromatic N) is 1. The van der Waals surface area contributed by atoms with E-state index in [0.29, 0.717) is 13.2 Å². The average Bonchev–Trinajstić information content (AvgIpc) is 3.21. The third-order valence-corrected chi connectivity index (χ3v) is 4.94. The third kappa shape index (κ3) is 3.68. The predicted octanol–water partition coefficient (Wildman–Crippen LogP) is 2.78. The molecule has 2 atom stereocenters. The zero-order chi connectivity index (χ0) is 17.8. The second kappa shape index (κ2) is 7.79. The van der Waals surface area contributed by atoms with Gasteiger partial charge in [0.2, 0.25) is 5.91 Å². The molecule has 1 N–H and O–H groups in total. The van der Waals surface area contributed by atoms with E-state index >= 15 is 0 Å². The Bertz CT molecular complexity index is 744. The minimum atomic E-state index is -0.240. The van der Waals surface area contributed by atoms with Crippen LogP contribution in [0.25, 0.3) is 0 Å². The number of hydrogen-bond donors (Lipinski definition) is 1. The summed E-state index contributed by atoms with van der Waals surface area (Å²) in [5.41, 5.74) is 1.04. The van der Waals surface area contributed by atoms with Crippen LogP contribution in [0.2, 0.25) is 0 Å². The van der Waals surface area contributed by atoms with Crippen LogP contribution in [0.4, 0.5) is 0 Å². The summed E-state index contributed by atoms with van der Waals surface area (Å²) in [6, 6.07) is 17.4. The molecule has 1 saturated heterocycles. The molecule has 5 heteroatoms. The number of hydrogen-bond acceptors (Lipinski definition) is 4. The van der Waals surface area contributed by atoms with Gasteiger partial charge in [0.15, 0.2) is 11.5 Å². The van der Waals surface area contributed by atoms with Crippen molar-refractivity contribution in [1.29, 1.82) is 0 Å². The number of rotatable bonds is 5. The summed E-state index contributed by atoms with van der Waals surface area (Å²) < 4.78 is 11.7. The molecule has 0 bridgehead atoms. The Morgan fingerprint density at radius 2 is 1.73 bits per heavy atom. The molecular weight excluding hydrogens is 328 g/mol. The number of fused-ring (bicyclic) bond motifs is 1. The topological polar surface area (TPSA) is 50.8 Å². The molecule has 2 aromatic rings. The molecule has 2 aromatic carbocycles. The number of ether oxygens (including phenoxy) is 2. The van der Waals surface area contributed by atoms with Crippen molar-refractivity contribution >= 4 is 5.91 Å². The van der Waals surface area contributed by atoms with Crippen LogP contribution < -0.4 is 14.8 Å². The van der Waals surface area contributed by atoms with Gasteiger partial charge in [-0.2, -0.15) is 0 Å². The molecule has 0 saturated carbocycles. The highest BCUT2D eigenvalue weighted by atomic mass is 16.6. The molecule has 2 aliphatic rings. The van der Waals surface area contributed by atoms with Crippen LogP contribution in [0.1, 0.15) is 24.4 Å². The number of likely N-dealkylation sites (tertiary alicyclic amines) is 1. The zero-order valence-electron chi connectivity index (χ0n) is 14.8. The fraction of sp³-hybridized carbons (Fsp3) is 0.381. The van der Waals surface area contributed by atoms with E-state index in [1.165, 1.54) is 0 Å². The van der Waals surface area contributed by atoms with Crippen molar-refractivity contribution in [1.82, 2.24) is 10.2 Å². The molecule has 5 nitrogen and oxygen atoms in total. The first-order valence-electron chi connectivity index (χ1n) is 9.26. The van der Waals surface area contributed by atoms with Crippen LogP contribution in [0.5, 0.6) is 11.5 Å². The fourth-order valence-corrected chi connectivity index (χ4v) is 3.64. The molecule has 4 rings (SSSR count). The number of carbonyl (C=O) groups excluding carboxylic acids is 1. The van der Waals surface area contributed by atoms with Gasteiger partial charge >= 0.3 is 0 Å². The van der Waals surface area contributed by atoms with E-state index in [2.05, 4.69) is 10.2 Å². The largest absolute Gasteiger partial charge is 0.486 e. The molecule has 26 heavy (non-hydrogen) atoms. The highest BCUT2D eigenvalue weighted by Gasteiger charge is 2.30. The lowest BCUT2D eigenvalue weighted by Gasteiger charge is -2.29. The maximum absolute atomic E-state index is 13.0. The molecule has 0 spiro atoms. The SMILES string of the molecule is O=C(NCC1COc2ccccc2O1)C(c1ccccc1)N1CCCC1. The summed E-state index contributed by atoms with van der Waals surface area (Å²) >= 11 is 0. The predicted molar refractivity (Wildman–Crippen MR) is 99.4 cm³/mol. The molecule has 2 unspecified atom stereocenters. The minimum absolute atomic E-state index is 0.0283. The van der Waals surface area contributed by atoms with Crippen molar-refractivity contribution in [2.75, 3.05) is 26.2 Å². The lowest BCUT2D eigenvalue weighted by Crippen LogP contribution is -2.45. The van der Waals surface area contributed by atoms with Gasteiger partial charge in [-0.25, -0.2) is 0 Å². The number of nitrogens with one attached hydrogen (secondary N) is 1. The highest BCUT2D eigenvalue weighted by Crippen LogP contribution is 2.31. The molecule has 0 radical (unpaired) electrons. The Morgan fingerprint density at radius 3 is 2.50 bits per heavy atom. The quantitative estimate of drug-likeness (QED) is 0.899. The first-order chi connectivity index (χ1) is 12.8. The lowest BCUT2D eigenvalue weighted by atomic mass is 10.0. The standard InChI is InChI=1S/C21H24N2O3/c24-21(20(23-12-6-7-13-23)16-8-2-1-3-9-16)22-14-17-15-25-18-10-4-5-11-19(18)26-17/h1-5,8-11,17,20H,6-7,12-15H2,(H,22,24). The van der Waals surface area contributed by atoms with Gasteiger partial charge in [-0.15, -0.1) is 0 Å². The Hall–Kier alpha value is -2.53. The van der Waals surface area contributed by atoms with E-state index in [0.717, 1.165) is 43.0 Å². The normalized spacial score (nSPS) is 20.5. The van der Waals surface area contributed by atoms with Gasteiger partial charge in [0, 0.05) is 0 Å². The van der Waals surface area contributed by atoms with Crippen LogP contribution in [0.15, 0.2) is 54.6 Å². The molecule has 0 aromatic heterocycles. The average molecular weight is 352 g/mol. The van der Waals surface area contributed by atoms with Crippen molar-refractivity contribution in [3.8, 4) is 11.5 Å². The Labute approximate surface area is 153 Å². The van der Waals surface area contributed by atoms with Crippen molar-refractivity contribution in [2.24, 2.45) is 0 Å². The van der Waals surface area contributed by atoms with Crippen molar-refractivity contribution < 1.29 is 14.3 Å². The van der Waals surface area contributed by atoms with Gasteiger partial charge in [0.25, 0.3) is 0 Å². The second-order valence-corrected chi connectivity index (χ2v) is 6.80. The number of para-hydroxylation sites is 2. The second-order valence-electron chi connectivity index (χ2n) is 6.80. The summed E-state index contributed by atoms with van der Waals surface area (Å²) in [6.45, 7) is 2.80. The van der Waals surface area contributed by atoms with Gasteiger partial charge in [-0.05, 0) is 43.6 Å². The maximum Gasteiger partial charge on any atom is 0.242 e. The van der Waals surface area contributed by atoms with Crippen molar-refractivity contribution in [2.45, 2.75) is 25.0 Å². The van der Waals surface area contributed by atoms with Crippen LogP contribution in [0.3, 0.4) is 0 Å². The van der Waals surface area contributed by atoms with Crippen LogP contribution in [0, 0.1) is 0 Å². The van der Waals surface area contributed by atoms with E-state index in [9.17, 15) is 4.79 Å². The fourth-order valence-electron chi connectivity index (χ4n) is 3.64.